The van der Waals surface area contributed by atoms with Crippen molar-refractivity contribution in [2.24, 2.45) is 0 Å². The summed E-state index contributed by atoms with van der Waals surface area (Å²) in [5, 5.41) is 0. The summed E-state index contributed by atoms with van der Waals surface area (Å²) in [4.78, 5) is 14.3. The van der Waals surface area contributed by atoms with Gasteiger partial charge in [-0.2, -0.15) is 0 Å². The number of hydrogen-bond acceptors (Lipinski definition) is 2. The Morgan fingerprint density at radius 2 is 1.88 bits per heavy atom. The van der Waals surface area contributed by atoms with Gasteiger partial charge in [-0.1, -0.05) is 48.0 Å². The monoisotopic (exact) mass is 341 g/mol. The average molecular weight is 341 g/mol. The maximum atomic E-state index is 12.5. The van der Waals surface area contributed by atoms with Crippen LogP contribution in [0.1, 0.15) is 27.8 Å². The minimum Gasteiger partial charge on any atom is -0.337 e. The molecule has 0 radical (unpaired) electrons. The van der Waals surface area contributed by atoms with E-state index in [-0.39, 0.29) is 11.7 Å². The van der Waals surface area contributed by atoms with Crippen LogP contribution in [0, 0.1) is 13.8 Å². The van der Waals surface area contributed by atoms with E-state index in [1.807, 2.05) is 36.9 Å². The Bertz CT molecular complexity index is 785. The minimum absolute atomic E-state index is 0.00635. The van der Waals surface area contributed by atoms with Gasteiger partial charge in [0.15, 0.2) is 0 Å². The van der Waals surface area contributed by atoms with E-state index in [4.69, 9.17) is 0 Å². The van der Waals surface area contributed by atoms with Gasteiger partial charge < -0.3 is 4.90 Å². The maximum Gasteiger partial charge on any atom is 0.235 e. The molecule has 3 rings (SSSR count). The molecule has 24 heavy (non-hydrogen) atoms. The van der Waals surface area contributed by atoms with E-state index in [0.29, 0.717) is 12.3 Å². The number of amides is 1. The second kappa shape index (κ2) is 7.31. The highest BCUT2D eigenvalue weighted by atomic mass is 32.2. The number of hydrogen-bond donors (Lipinski definition) is 0. The predicted octanol–water partition coefficient (Wildman–Crippen LogP) is 3.14. The van der Waals surface area contributed by atoms with E-state index in [1.165, 1.54) is 11.1 Å². The third kappa shape index (κ3) is 3.93. The molecule has 0 bridgehead atoms. The fourth-order valence-electron chi connectivity index (χ4n) is 3.12. The van der Waals surface area contributed by atoms with Gasteiger partial charge in [-0.3, -0.25) is 9.00 Å². The van der Waals surface area contributed by atoms with E-state index in [2.05, 4.69) is 24.3 Å². The van der Waals surface area contributed by atoms with E-state index in [9.17, 15) is 9.00 Å². The first-order valence-electron chi connectivity index (χ1n) is 8.28. The summed E-state index contributed by atoms with van der Waals surface area (Å²) in [6, 6.07) is 14.4. The fraction of sp³-hybridized carbons (Fsp3) is 0.350. The predicted molar refractivity (Wildman–Crippen MR) is 98.2 cm³/mol. The quantitative estimate of drug-likeness (QED) is 0.857. The van der Waals surface area contributed by atoms with Gasteiger partial charge in [0.05, 0.1) is 0 Å². The zero-order valence-electron chi connectivity index (χ0n) is 14.2. The molecule has 1 amide bonds. The Balaban J connectivity index is 1.61. The molecule has 0 saturated carbocycles. The minimum atomic E-state index is -1.17. The van der Waals surface area contributed by atoms with Gasteiger partial charge >= 0.3 is 0 Å². The van der Waals surface area contributed by atoms with Gasteiger partial charge in [0.1, 0.15) is 5.75 Å². The fourth-order valence-corrected chi connectivity index (χ4v) is 4.34. The highest BCUT2D eigenvalue weighted by molar-refractivity contribution is 7.84. The van der Waals surface area contributed by atoms with Crippen LogP contribution in [0.25, 0.3) is 0 Å². The van der Waals surface area contributed by atoms with Crippen molar-refractivity contribution in [2.45, 2.75) is 32.6 Å². The summed E-state index contributed by atoms with van der Waals surface area (Å²) in [6.07, 6.45) is 0.880. The number of carbonyl (C=O) groups excluding carboxylic acids is 1. The Hall–Kier alpha value is -1.94. The van der Waals surface area contributed by atoms with Crippen molar-refractivity contribution >= 4 is 16.7 Å². The van der Waals surface area contributed by atoms with Gasteiger partial charge in [-0.15, -0.1) is 0 Å². The average Bonchev–Trinajstić information content (AvgIpc) is 2.57. The molecular formula is C20H23NO2S. The molecule has 0 N–H and O–H groups in total. The van der Waals surface area contributed by atoms with Crippen molar-refractivity contribution in [1.29, 1.82) is 0 Å². The van der Waals surface area contributed by atoms with Crippen LogP contribution >= 0.6 is 0 Å². The lowest BCUT2D eigenvalue weighted by Gasteiger charge is -2.28. The van der Waals surface area contributed by atoms with Crippen LogP contribution < -0.4 is 0 Å². The Labute approximate surface area is 146 Å². The molecule has 1 heterocycles. The zero-order valence-corrected chi connectivity index (χ0v) is 15.1. The van der Waals surface area contributed by atoms with Gasteiger partial charge in [-0.25, -0.2) is 0 Å². The maximum absolute atomic E-state index is 12.5. The number of carbonyl (C=O) groups is 1. The molecule has 0 saturated heterocycles. The molecule has 1 atom stereocenters. The molecular weight excluding hydrogens is 318 g/mol. The first-order valence-corrected chi connectivity index (χ1v) is 9.77. The second-order valence-corrected chi connectivity index (χ2v) is 7.95. The molecule has 3 nitrogen and oxygen atoms in total. The van der Waals surface area contributed by atoms with Gasteiger partial charge in [0, 0.05) is 29.6 Å². The summed E-state index contributed by atoms with van der Waals surface area (Å²) < 4.78 is 12.4. The van der Waals surface area contributed by atoms with E-state index < -0.39 is 10.8 Å². The lowest BCUT2D eigenvalue weighted by molar-refractivity contribution is -0.129. The van der Waals surface area contributed by atoms with Gasteiger partial charge in [0.2, 0.25) is 5.91 Å². The molecule has 0 fully saturated rings. The third-order valence-electron chi connectivity index (χ3n) is 4.59. The van der Waals surface area contributed by atoms with E-state index in [0.717, 1.165) is 29.7 Å². The number of rotatable bonds is 4. The molecule has 2 aromatic rings. The molecule has 4 heteroatoms. The molecule has 2 aromatic carbocycles. The second-order valence-electron chi connectivity index (χ2n) is 6.49. The normalized spacial score (nSPS) is 15.0. The molecule has 0 unspecified atom stereocenters. The van der Waals surface area contributed by atoms with Crippen LogP contribution in [0.15, 0.2) is 42.5 Å². The highest BCUT2D eigenvalue weighted by Gasteiger charge is 2.22. The van der Waals surface area contributed by atoms with Crippen molar-refractivity contribution in [2.75, 3.05) is 12.3 Å². The molecule has 126 valence electrons. The number of fused-ring (bicyclic) bond motifs is 1. The highest BCUT2D eigenvalue weighted by Crippen LogP contribution is 2.19. The lowest BCUT2D eigenvalue weighted by atomic mass is 10.00. The van der Waals surface area contributed by atoms with Crippen molar-refractivity contribution in [1.82, 2.24) is 4.90 Å². The first kappa shape index (κ1) is 16.9. The molecule has 0 aromatic heterocycles. The summed E-state index contributed by atoms with van der Waals surface area (Å²) in [5.41, 5.74) is 5.89. The topological polar surface area (TPSA) is 37.4 Å². The summed E-state index contributed by atoms with van der Waals surface area (Å²) in [7, 11) is -1.17. The van der Waals surface area contributed by atoms with Crippen molar-refractivity contribution in [3.8, 4) is 0 Å². The van der Waals surface area contributed by atoms with Crippen LogP contribution in [-0.4, -0.2) is 27.3 Å². The smallest absolute Gasteiger partial charge is 0.235 e. The van der Waals surface area contributed by atoms with Crippen LogP contribution in [0.2, 0.25) is 0 Å². The molecule has 1 aliphatic heterocycles. The van der Waals surface area contributed by atoms with Crippen LogP contribution in [0.3, 0.4) is 0 Å². The van der Waals surface area contributed by atoms with Crippen molar-refractivity contribution in [3.63, 3.8) is 0 Å². The summed E-state index contributed by atoms with van der Waals surface area (Å²) >= 11 is 0. The van der Waals surface area contributed by atoms with Gasteiger partial charge in [-0.05, 0) is 42.5 Å². The molecule has 1 aliphatic rings. The number of nitrogens with zero attached hydrogens (tertiary/aromatic N) is 1. The molecule has 0 spiro atoms. The summed E-state index contributed by atoms with van der Waals surface area (Å²) in [5.74, 6) is 0.548. The van der Waals surface area contributed by atoms with Crippen molar-refractivity contribution in [3.05, 3.63) is 70.3 Å². The van der Waals surface area contributed by atoms with Crippen LogP contribution in [-0.2, 0) is 34.3 Å². The van der Waals surface area contributed by atoms with Gasteiger partial charge in [0.25, 0.3) is 0 Å². The molecule has 0 aliphatic carbocycles. The number of aryl methyl sites for hydroxylation is 2. The van der Waals surface area contributed by atoms with E-state index >= 15 is 0 Å². The Morgan fingerprint density at radius 3 is 2.67 bits per heavy atom. The third-order valence-corrected chi connectivity index (χ3v) is 5.79. The first-order chi connectivity index (χ1) is 11.5. The van der Waals surface area contributed by atoms with Crippen molar-refractivity contribution < 1.29 is 9.00 Å². The largest absolute Gasteiger partial charge is 0.337 e. The number of benzene rings is 2. The Kier molecular flexibility index (Phi) is 5.14. The van der Waals surface area contributed by atoms with Crippen LogP contribution in [0.4, 0.5) is 0 Å². The standard InChI is InChI=1S/C20H23NO2S/c1-15-7-8-16(2)19(11-15)13-24(23)14-20(22)21-10-9-17-5-3-4-6-18(17)12-21/h3-8,11H,9-10,12-14H2,1-2H3/t24-/m0/s1. The zero-order chi connectivity index (χ0) is 17.1. The van der Waals surface area contributed by atoms with Crippen LogP contribution in [0.5, 0.6) is 0 Å². The summed E-state index contributed by atoms with van der Waals surface area (Å²) in [6.45, 7) is 5.41. The van der Waals surface area contributed by atoms with E-state index in [1.54, 1.807) is 0 Å². The SMILES string of the molecule is Cc1ccc(C)c(C[S@](=O)CC(=O)N2CCc3ccccc3C2)c1. The lowest BCUT2D eigenvalue weighted by Crippen LogP contribution is -2.38. The Morgan fingerprint density at radius 1 is 1.12 bits per heavy atom.